The third-order valence-corrected chi connectivity index (χ3v) is 4.13. The van der Waals surface area contributed by atoms with Gasteiger partial charge in [-0.2, -0.15) is 0 Å². The summed E-state index contributed by atoms with van der Waals surface area (Å²) in [4.78, 5) is 12.1. The molecule has 1 amide bonds. The van der Waals surface area contributed by atoms with E-state index in [9.17, 15) is 9.18 Å². The highest BCUT2D eigenvalue weighted by atomic mass is 19.1. The fourth-order valence-corrected chi connectivity index (χ4v) is 2.84. The molecule has 1 heterocycles. The molecule has 116 valence electrons. The molecule has 1 aliphatic rings. The third kappa shape index (κ3) is 4.43. The Balaban J connectivity index is 1.92. The minimum atomic E-state index is -0.382. The van der Waals surface area contributed by atoms with Crippen LogP contribution in [0.2, 0.25) is 0 Å². The number of benzene rings is 1. The Morgan fingerprint density at radius 1 is 1.48 bits per heavy atom. The fourth-order valence-electron chi connectivity index (χ4n) is 2.84. The zero-order valence-electron chi connectivity index (χ0n) is 12.6. The van der Waals surface area contributed by atoms with Crippen LogP contribution in [0.1, 0.15) is 26.2 Å². The van der Waals surface area contributed by atoms with Gasteiger partial charge in [0.25, 0.3) is 0 Å². The number of carbonyl (C=O) groups excluding carboxylic acids is 1. The average molecular weight is 294 g/mol. The Morgan fingerprint density at radius 2 is 2.19 bits per heavy atom. The molecule has 0 aromatic heterocycles. The Labute approximate surface area is 125 Å². The minimum Gasteiger partial charge on any atom is -0.494 e. The Bertz CT molecular complexity index is 487. The van der Waals surface area contributed by atoms with Crippen LogP contribution < -0.4 is 15.4 Å². The van der Waals surface area contributed by atoms with Gasteiger partial charge in [0.05, 0.1) is 12.8 Å². The van der Waals surface area contributed by atoms with Crippen LogP contribution in [-0.2, 0) is 4.79 Å². The first-order chi connectivity index (χ1) is 10.1. The zero-order valence-corrected chi connectivity index (χ0v) is 12.6. The highest BCUT2D eigenvalue weighted by Gasteiger charge is 2.22. The van der Waals surface area contributed by atoms with Crippen LogP contribution >= 0.6 is 0 Å². The van der Waals surface area contributed by atoms with E-state index in [2.05, 4.69) is 17.6 Å². The number of hydrogen-bond acceptors (Lipinski definition) is 3. The number of anilines is 1. The summed E-state index contributed by atoms with van der Waals surface area (Å²) in [6, 6.07) is 4.11. The molecular formula is C16H23FN2O2. The van der Waals surface area contributed by atoms with Gasteiger partial charge in [0.15, 0.2) is 0 Å². The molecule has 21 heavy (non-hydrogen) atoms. The first kappa shape index (κ1) is 15.8. The van der Waals surface area contributed by atoms with Gasteiger partial charge in [-0.05, 0) is 49.9 Å². The smallest absolute Gasteiger partial charge is 0.224 e. The number of nitrogens with one attached hydrogen (secondary N) is 2. The van der Waals surface area contributed by atoms with Crippen LogP contribution in [0.5, 0.6) is 5.75 Å². The number of piperidine rings is 1. The first-order valence-corrected chi connectivity index (χ1v) is 7.44. The van der Waals surface area contributed by atoms with Crippen LogP contribution in [0.25, 0.3) is 0 Å². The van der Waals surface area contributed by atoms with Crippen LogP contribution in [0.3, 0.4) is 0 Å². The molecule has 1 atom stereocenters. The van der Waals surface area contributed by atoms with E-state index in [0.29, 0.717) is 29.7 Å². The lowest BCUT2D eigenvalue weighted by Gasteiger charge is -2.27. The molecule has 1 aromatic carbocycles. The summed E-state index contributed by atoms with van der Waals surface area (Å²) in [5, 5.41) is 6.14. The molecule has 4 nitrogen and oxygen atoms in total. The quantitative estimate of drug-likeness (QED) is 0.878. The van der Waals surface area contributed by atoms with Crippen molar-refractivity contribution in [3.8, 4) is 5.75 Å². The molecule has 2 rings (SSSR count). The maximum absolute atomic E-state index is 13.1. The lowest BCUT2D eigenvalue weighted by molar-refractivity contribution is -0.117. The van der Waals surface area contributed by atoms with Crippen LogP contribution in [0, 0.1) is 17.7 Å². The highest BCUT2D eigenvalue weighted by molar-refractivity contribution is 5.92. The zero-order chi connectivity index (χ0) is 15.2. The second-order valence-electron chi connectivity index (χ2n) is 5.66. The van der Waals surface area contributed by atoms with Gasteiger partial charge in [-0.1, -0.05) is 6.92 Å². The van der Waals surface area contributed by atoms with Crippen molar-refractivity contribution in [1.82, 2.24) is 5.32 Å². The monoisotopic (exact) mass is 294 g/mol. The molecule has 0 radical (unpaired) electrons. The van der Waals surface area contributed by atoms with E-state index in [1.165, 1.54) is 25.3 Å². The molecule has 0 saturated carbocycles. The van der Waals surface area contributed by atoms with Gasteiger partial charge in [0, 0.05) is 12.5 Å². The number of halogens is 1. The molecule has 0 spiro atoms. The van der Waals surface area contributed by atoms with Crippen LogP contribution in [0.4, 0.5) is 10.1 Å². The summed E-state index contributed by atoms with van der Waals surface area (Å²) in [5.74, 6) is 0.849. The number of methoxy groups -OCH3 is 1. The lowest BCUT2D eigenvalue weighted by Crippen LogP contribution is -2.32. The number of ether oxygens (including phenoxy) is 1. The predicted octanol–water partition coefficient (Wildman–Crippen LogP) is 2.80. The molecule has 0 bridgehead atoms. The van der Waals surface area contributed by atoms with Gasteiger partial charge < -0.3 is 15.4 Å². The van der Waals surface area contributed by atoms with Crippen molar-refractivity contribution in [1.29, 1.82) is 0 Å². The fraction of sp³-hybridized carbons (Fsp3) is 0.562. The van der Waals surface area contributed by atoms with Crippen molar-refractivity contribution in [2.24, 2.45) is 11.8 Å². The van der Waals surface area contributed by atoms with Crippen LogP contribution in [-0.4, -0.2) is 26.1 Å². The van der Waals surface area contributed by atoms with Crippen molar-refractivity contribution in [2.45, 2.75) is 26.2 Å². The minimum absolute atomic E-state index is 0.0501. The van der Waals surface area contributed by atoms with Crippen molar-refractivity contribution in [3.63, 3.8) is 0 Å². The van der Waals surface area contributed by atoms with Crippen molar-refractivity contribution in [3.05, 3.63) is 24.0 Å². The van der Waals surface area contributed by atoms with Gasteiger partial charge in [-0.25, -0.2) is 4.39 Å². The van der Waals surface area contributed by atoms with E-state index in [4.69, 9.17) is 4.74 Å². The second-order valence-corrected chi connectivity index (χ2v) is 5.66. The lowest BCUT2D eigenvalue weighted by atomic mass is 9.84. The van der Waals surface area contributed by atoms with E-state index in [0.717, 1.165) is 25.9 Å². The summed E-state index contributed by atoms with van der Waals surface area (Å²) in [7, 11) is 1.46. The standard InChI is InChI=1S/C16H23FN2O2/c1-11(12-5-7-18-8-6-12)9-16(20)19-14-4-3-13(17)10-15(14)21-2/h3-4,10-12,18H,5-9H2,1-2H3,(H,19,20). The maximum Gasteiger partial charge on any atom is 0.224 e. The SMILES string of the molecule is COc1cc(F)ccc1NC(=O)CC(C)C1CCNCC1. The predicted molar refractivity (Wildman–Crippen MR) is 81.0 cm³/mol. The van der Waals surface area contributed by atoms with E-state index in [1.54, 1.807) is 0 Å². The van der Waals surface area contributed by atoms with Crippen LogP contribution in [0.15, 0.2) is 18.2 Å². The summed E-state index contributed by atoms with van der Waals surface area (Å²) >= 11 is 0. The largest absolute Gasteiger partial charge is 0.494 e. The van der Waals surface area contributed by atoms with Gasteiger partial charge in [0.2, 0.25) is 5.91 Å². The maximum atomic E-state index is 13.1. The third-order valence-electron chi connectivity index (χ3n) is 4.13. The second kappa shape index (κ2) is 7.41. The van der Waals surface area contributed by atoms with Gasteiger partial charge in [-0.15, -0.1) is 0 Å². The molecule has 1 saturated heterocycles. The number of hydrogen-bond donors (Lipinski definition) is 2. The van der Waals surface area contributed by atoms with Crippen molar-refractivity contribution in [2.75, 3.05) is 25.5 Å². The molecule has 0 aliphatic carbocycles. The van der Waals surface area contributed by atoms with E-state index in [-0.39, 0.29) is 11.7 Å². The Hall–Kier alpha value is -1.62. The molecule has 5 heteroatoms. The molecular weight excluding hydrogens is 271 g/mol. The topological polar surface area (TPSA) is 50.4 Å². The highest BCUT2D eigenvalue weighted by Crippen LogP contribution is 2.27. The normalized spacial score (nSPS) is 17.3. The van der Waals surface area contributed by atoms with Gasteiger partial charge in [-0.3, -0.25) is 4.79 Å². The average Bonchev–Trinajstić information content (AvgIpc) is 2.49. The molecule has 1 fully saturated rings. The number of carbonyl (C=O) groups is 1. The molecule has 1 aliphatic heterocycles. The van der Waals surface area contributed by atoms with Gasteiger partial charge in [0.1, 0.15) is 11.6 Å². The molecule has 2 N–H and O–H groups in total. The molecule has 1 unspecified atom stereocenters. The summed E-state index contributed by atoms with van der Waals surface area (Å²) in [6.07, 6.45) is 2.72. The number of rotatable bonds is 5. The summed E-state index contributed by atoms with van der Waals surface area (Å²) in [6.45, 7) is 4.18. The van der Waals surface area contributed by atoms with E-state index in [1.807, 2.05) is 0 Å². The van der Waals surface area contributed by atoms with E-state index >= 15 is 0 Å². The summed E-state index contributed by atoms with van der Waals surface area (Å²) in [5.41, 5.74) is 0.515. The van der Waals surface area contributed by atoms with E-state index < -0.39 is 0 Å². The van der Waals surface area contributed by atoms with Crippen molar-refractivity contribution >= 4 is 11.6 Å². The van der Waals surface area contributed by atoms with Gasteiger partial charge >= 0.3 is 0 Å². The number of amides is 1. The Morgan fingerprint density at radius 3 is 2.86 bits per heavy atom. The van der Waals surface area contributed by atoms with Crippen molar-refractivity contribution < 1.29 is 13.9 Å². The Kier molecular flexibility index (Phi) is 5.56. The summed E-state index contributed by atoms with van der Waals surface area (Å²) < 4.78 is 18.2. The first-order valence-electron chi connectivity index (χ1n) is 7.44. The molecule has 1 aromatic rings.